The van der Waals surface area contributed by atoms with Gasteiger partial charge in [0, 0.05) is 23.2 Å². The minimum absolute atomic E-state index is 0.143. The second kappa shape index (κ2) is 7.62. The lowest BCUT2D eigenvalue weighted by atomic mass is 9.72. The van der Waals surface area contributed by atoms with Crippen molar-refractivity contribution in [1.29, 1.82) is 0 Å². The van der Waals surface area contributed by atoms with Crippen LogP contribution in [0.4, 0.5) is 18.0 Å². The Bertz CT molecular complexity index is 938. The number of rotatable bonds is 3. The molecule has 1 aliphatic heterocycles. The number of nitrogens with zero attached hydrogens (tertiary/aromatic N) is 1. The zero-order valence-electron chi connectivity index (χ0n) is 15.4. The Hall–Kier alpha value is -2.69. The third-order valence-electron chi connectivity index (χ3n) is 5.36. The molecular formula is C18H20BF3N4O3. The molecule has 1 aliphatic carbocycles. The first-order valence-electron chi connectivity index (χ1n) is 9.44. The van der Waals surface area contributed by atoms with Crippen LogP contribution in [0.2, 0.25) is 0 Å². The molecule has 11 heteroatoms. The van der Waals surface area contributed by atoms with Gasteiger partial charge in [0.15, 0.2) is 0 Å². The van der Waals surface area contributed by atoms with Crippen LogP contribution in [0.3, 0.4) is 0 Å². The highest BCUT2D eigenvalue weighted by atomic mass is 19.4. The van der Waals surface area contributed by atoms with E-state index in [0.717, 1.165) is 35.0 Å². The average Bonchev–Trinajstić information content (AvgIpc) is 3.14. The number of hydrogen-bond donors (Lipinski definition) is 4. The molecule has 1 saturated carbocycles. The van der Waals surface area contributed by atoms with Gasteiger partial charge in [-0.05, 0) is 49.2 Å². The van der Waals surface area contributed by atoms with Gasteiger partial charge >= 0.3 is 19.3 Å². The molecule has 0 spiro atoms. The molecule has 2 aromatic rings. The maximum atomic E-state index is 12.2. The van der Waals surface area contributed by atoms with E-state index in [-0.39, 0.29) is 12.0 Å². The third kappa shape index (κ3) is 4.34. The summed E-state index contributed by atoms with van der Waals surface area (Å²) in [5.74, 6) is 2.36. The molecule has 0 aromatic carbocycles. The average molecular weight is 408 g/mol. The topological polar surface area (TPSA) is 99.3 Å². The minimum atomic E-state index is -4.43. The molecule has 4 rings (SSSR count). The maximum absolute atomic E-state index is 12.2. The number of aromatic nitrogens is 2. The number of aromatic amines is 1. The van der Waals surface area contributed by atoms with Gasteiger partial charge in [0.25, 0.3) is 0 Å². The summed E-state index contributed by atoms with van der Waals surface area (Å²) in [7, 11) is -1.06. The molecule has 3 heterocycles. The molecule has 29 heavy (non-hydrogen) atoms. The summed E-state index contributed by atoms with van der Waals surface area (Å²) in [6, 6.07) is 0.916. The standard InChI is InChI=1S/C18H20BF3N4O3/c20-18(21,22)9-25-17(27)26-11-3-1-10(2-4-11)13-7-19(28)29-14-8-24-16-12(15(13)14)5-6-23-16/h5-8,10-11,28H,1-4,9H2,(H,23,24)(H2,25,26,27). The van der Waals surface area contributed by atoms with Crippen molar-refractivity contribution in [2.75, 3.05) is 6.54 Å². The fourth-order valence-corrected chi connectivity index (χ4v) is 4.08. The molecule has 154 valence electrons. The zero-order chi connectivity index (χ0) is 20.6. The summed E-state index contributed by atoms with van der Waals surface area (Å²) < 4.78 is 42.1. The Labute approximate surface area is 164 Å². The van der Waals surface area contributed by atoms with Crippen LogP contribution in [-0.4, -0.2) is 46.9 Å². The van der Waals surface area contributed by atoms with Crippen LogP contribution in [-0.2, 0) is 0 Å². The summed E-state index contributed by atoms with van der Waals surface area (Å²) in [6.07, 6.45) is 1.68. The first-order valence-corrected chi connectivity index (χ1v) is 9.44. The van der Waals surface area contributed by atoms with Crippen LogP contribution >= 0.6 is 0 Å². The molecule has 0 atom stereocenters. The summed E-state index contributed by atoms with van der Waals surface area (Å²) in [5.41, 5.74) is 2.61. The molecule has 2 aliphatic rings. The molecule has 4 N–H and O–H groups in total. The van der Waals surface area contributed by atoms with Gasteiger partial charge in [-0.2, -0.15) is 13.2 Å². The monoisotopic (exact) mass is 408 g/mol. The van der Waals surface area contributed by atoms with E-state index in [4.69, 9.17) is 4.65 Å². The first kappa shape index (κ1) is 19.6. The Kier molecular flexibility index (Phi) is 5.16. The van der Waals surface area contributed by atoms with E-state index in [1.54, 1.807) is 18.4 Å². The normalized spacial score (nSPS) is 21.9. The number of nitrogens with one attached hydrogen (secondary N) is 3. The number of urea groups is 1. The Morgan fingerprint density at radius 2 is 2.10 bits per heavy atom. The van der Waals surface area contributed by atoms with Gasteiger partial charge in [-0.15, -0.1) is 0 Å². The Morgan fingerprint density at radius 3 is 2.83 bits per heavy atom. The van der Waals surface area contributed by atoms with Crippen molar-refractivity contribution >= 4 is 29.8 Å². The lowest BCUT2D eigenvalue weighted by molar-refractivity contribution is -0.122. The van der Waals surface area contributed by atoms with Gasteiger partial charge in [-0.3, -0.25) is 0 Å². The van der Waals surface area contributed by atoms with E-state index in [9.17, 15) is 23.0 Å². The molecule has 0 unspecified atom stereocenters. The highest BCUT2D eigenvalue weighted by Gasteiger charge is 2.33. The van der Waals surface area contributed by atoms with Gasteiger partial charge in [0.05, 0.1) is 6.20 Å². The predicted octanol–water partition coefficient (Wildman–Crippen LogP) is 2.78. The maximum Gasteiger partial charge on any atom is 0.552 e. The van der Waals surface area contributed by atoms with E-state index >= 15 is 0 Å². The first-order chi connectivity index (χ1) is 13.8. The number of pyridine rings is 1. The summed E-state index contributed by atoms with van der Waals surface area (Å²) in [5, 5.41) is 15.4. The molecule has 1 fully saturated rings. The number of carbonyl (C=O) groups is 1. The van der Waals surface area contributed by atoms with E-state index in [1.165, 1.54) is 0 Å². The number of hydrogen-bond acceptors (Lipinski definition) is 4. The molecule has 7 nitrogen and oxygen atoms in total. The minimum Gasteiger partial charge on any atom is -0.531 e. The smallest absolute Gasteiger partial charge is 0.531 e. The van der Waals surface area contributed by atoms with Gasteiger partial charge < -0.3 is 25.3 Å². The van der Waals surface area contributed by atoms with E-state index in [0.29, 0.717) is 18.6 Å². The van der Waals surface area contributed by atoms with Crippen molar-refractivity contribution in [3.05, 3.63) is 30.0 Å². The van der Waals surface area contributed by atoms with Gasteiger partial charge in [-0.1, -0.05) is 0 Å². The van der Waals surface area contributed by atoms with Crippen LogP contribution in [0, 0.1) is 5.92 Å². The fourth-order valence-electron chi connectivity index (χ4n) is 4.08. The number of fused-ring (bicyclic) bond motifs is 3. The quantitative estimate of drug-likeness (QED) is 0.587. The molecular weight excluding hydrogens is 388 g/mol. The van der Waals surface area contributed by atoms with Gasteiger partial charge in [0.1, 0.15) is 17.9 Å². The molecule has 2 amide bonds. The van der Waals surface area contributed by atoms with Crippen molar-refractivity contribution in [2.45, 2.75) is 37.9 Å². The van der Waals surface area contributed by atoms with Gasteiger partial charge in [0.2, 0.25) is 0 Å². The molecule has 0 saturated heterocycles. The molecule has 0 bridgehead atoms. The predicted molar refractivity (Wildman–Crippen MR) is 101 cm³/mol. The lowest BCUT2D eigenvalue weighted by Gasteiger charge is -2.33. The Morgan fingerprint density at radius 1 is 1.34 bits per heavy atom. The van der Waals surface area contributed by atoms with Crippen LogP contribution in [0.5, 0.6) is 5.75 Å². The SMILES string of the molecule is O=C(NCC(F)(F)F)NC1CCC(C2=CB(O)Oc3cnc4[nH]ccc4c32)CC1. The third-order valence-corrected chi connectivity index (χ3v) is 5.36. The summed E-state index contributed by atoms with van der Waals surface area (Å²) in [6.45, 7) is -1.35. The zero-order valence-corrected chi connectivity index (χ0v) is 15.4. The van der Waals surface area contributed by atoms with Crippen molar-refractivity contribution in [1.82, 2.24) is 20.6 Å². The van der Waals surface area contributed by atoms with Crippen LogP contribution < -0.4 is 15.3 Å². The summed E-state index contributed by atoms with van der Waals surface area (Å²) >= 11 is 0. The van der Waals surface area contributed by atoms with Crippen LogP contribution in [0.25, 0.3) is 16.6 Å². The van der Waals surface area contributed by atoms with Crippen molar-refractivity contribution in [3.8, 4) is 5.75 Å². The van der Waals surface area contributed by atoms with E-state index in [1.807, 2.05) is 11.4 Å². The van der Waals surface area contributed by atoms with E-state index < -0.39 is 25.9 Å². The van der Waals surface area contributed by atoms with Crippen LogP contribution in [0.1, 0.15) is 31.2 Å². The number of alkyl halides is 3. The summed E-state index contributed by atoms with van der Waals surface area (Å²) in [4.78, 5) is 19.0. The highest BCUT2D eigenvalue weighted by Crippen LogP contribution is 2.43. The highest BCUT2D eigenvalue weighted by molar-refractivity contribution is 6.52. The fraction of sp³-hybridized carbons (Fsp3) is 0.444. The molecule has 0 radical (unpaired) electrons. The second-order valence-corrected chi connectivity index (χ2v) is 7.36. The largest absolute Gasteiger partial charge is 0.552 e. The number of allylic oxidation sites excluding steroid dienone is 1. The second-order valence-electron chi connectivity index (χ2n) is 7.36. The number of halogens is 3. The van der Waals surface area contributed by atoms with Crippen molar-refractivity contribution in [2.24, 2.45) is 5.92 Å². The lowest BCUT2D eigenvalue weighted by Crippen LogP contribution is -2.46. The van der Waals surface area contributed by atoms with Gasteiger partial charge in [-0.25, -0.2) is 9.78 Å². The number of amides is 2. The molecule has 2 aromatic heterocycles. The Balaban J connectivity index is 1.43. The number of H-pyrrole nitrogens is 1. The number of carbonyl (C=O) groups excluding carboxylic acids is 1. The van der Waals surface area contributed by atoms with E-state index in [2.05, 4.69) is 15.3 Å². The van der Waals surface area contributed by atoms with Crippen molar-refractivity contribution < 1.29 is 27.6 Å². The van der Waals surface area contributed by atoms with Crippen LogP contribution in [0.15, 0.2) is 24.4 Å². The van der Waals surface area contributed by atoms with Crippen molar-refractivity contribution in [3.63, 3.8) is 0 Å².